The first-order valence-corrected chi connectivity index (χ1v) is 4.83. The van der Waals surface area contributed by atoms with E-state index in [-0.39, 0.29) is 0 Å². The Kier molecular flexibility index (Phi) is 3.57. The number of benzene rings is 1. The highest BCUT2D eigenvalue weighted by molar-refractivity contribution is 9.10. The fraction of sp³-hybridized carbons (Fsp3) is 0.222. The summed E-state index contributed by atoms with van der Waals surface area (Å²) in [5, 5.41) is 2.14. The first kappa shape index (κ1) is 11.1. The van der Waals surface area contributed by atoms with Crippen molar-refractivity contribution in [2.45, 2.75) is 11.8 Å². The summed E-state index contributed by atoms with van der Waals surface area (Å²) in [5.74, 6) is -2.06. The number of carbonyl (C=O) groups is 1. The van der Waals surface area contributed by atoms with E-state index >= 15 is 0 Å². The molecular weight excluding hydrogens is 256 g/mol. The fourth-order valence-electron chi connectivity index (χ4n) is 0.840. The Hall–Kier alpha value is -0.970. The molecule has 2 nitrogen and oxygen atoms in total. The number of rotatable bonds is 2. The van der Waals surface area contributed by atoms with E-state index in [0.29, 0.717) is 0 Å². The molecule has 76 valence electrons. The minimum Gasteiger partial charge on any atom is -0.320 e. The Labute approximate surface area is 88.4 Å². The van der Waals surface area contributed by atoms with Gasteiger partial charge in [-0.2, -0.15) is 0 Å². The molecular formula is C9H8BrF2NO. The minimum atomic E-state index is -0.786. The molecule has 0 heterocycles. The average molecular weight is 264 g/mol. The zero-order chi connectivity index (χ0) is 10.7. The first-order chi connectivity index (χ1) is 6.52. The van der Waals surface area contributed by atoms with Gasteiger partial charge in [-0.05, 0) is 19.1 Å². The SMILES string of the molecule is C[C@@H](Br)C(=O)Nc1c(F)cccc1F. The summed E-state index contributed by atoms with van der Waals surface area (Å²) in [7, 11) is 0. The second-order valence-electron chi connectivity index (χ2n) is 2.70. The standard InChI is InChI=1S/C9H8BrF2NO/c1-5(10)9(14)13-8-6(11)3-2-4-7(8)12/h2-5H,1H3,(H,13,14)/t5-/m1/s1. The smallest absolute Gasteiger partial charge is 0.238 e. The molecule has 1 aromatic carbocycles. The molecule has 5 heteroatoms. The third-order valence-corrected chi connectivity index (χ3v) is 1.99. The van der Waals surface area contributed by atoms with E-state index in [2.05, 4.69) is 21.2 Å². The van der Waals surface area contributed by atoms with Crippen LogP contribution in [0, 0.1) is 11.6 Å². The van der Waals surface area contributed by atoms with E-state index in [1.165, 1.54) is 6.07 Å². The summed E-state index contributed by atoms with van der Waals surface area (Å²) in [6.45, 7) is 1.56. The van der Waals surface area contributed by atoms with Gasteiger partial charge < -0.3 is 5.32 Å². The second-order valence-corrected chi connectivity index (χ2v) is 4.08. The molecule has 1 rings (SSSR count). The molecule has 1 aromatic rings. The van der Waals surface area contributed by atoms with Crippen LogP contribution in [0.3, 0.4) is 0 Å². The van der Waals surface area contributed by atoms with Crippen LogP contribution >= 0.6 is 15.9 Å². The van der Waals surface area contributed by atoms with Gasteiger partial charge in [-0.3, -0.25) is 4.79 Å². The molecule has 0 saturated heterocycles. The number of carbonyl (C=O) groups excluding carboxylic acids is 1. The maximum atomic E-state index is 13.0. The maximum absolute atomic E-state index is 13.0. The largest absolute Gasteiger partial charge is 0.320 e. The van der Waals surface area contributed by atoms with Crippen molar-refractivity contribution in [2.24, 2.45) is 0 Å². The minimum absolute atomic E-state index is 0.413. The fourth-order valence-corrected chi connectivity index (χ4v) is 0.954. The molecule has 1 amide bonds. The Morgan fingerprint density at radius 2 is 1.93 bits per heavy atom. The summed E-state index contributed by atoms with van der Waals surface area (Å²) < 4.78 is 26.0. The van der Waals surface area contributed by atoms with Crippen LogP contribution in [0.4, 0.5) is 14.5 Å². The van der Waals surface area contributed by atoms with Gasteiger partial charge in [0.25, 0.3) is 0 Å². The van der Waals surface area contributed by atoms with Gasteiger partial charge in [-0.15, -0.1) is 0 Å². The molecule has 0 bridgehead atoms. The van der Waals surface area contributed by atoms with Gasteiger partial charge in [0.1, 0.15) is 17.3 Å². The lowest BCUT2D eigenvalue weighted by atomic mass is 10.3. The monoisotopic (exact) mass is 263 g/mol. The molecule has 14 heavy (non-hydrogen) atoms. The highest BCUT2D eigenvalue weighted by Crippen LogP contribution is 2.18. The number of nitrogens with one attached hydrogen (secondary N) is 1. The van der Waals surface area contributed by atoms with Gasteiger partial charge in [0.2, 0.25) is 5.91 Å². The molecule has 0 radical (unpaired) electrons. The number of anilines is 1. The lowest BCUT2D eigenvalue weighted by Crippen LogP contribution is -2.21. The molecule has 0 fully saturated rings. The molecule has 0 aromatic heterocycles. The van der Waals surface area contributed by atoms with E-state index in [1.54, 1.807) is 6.92 Å². The van der Waals surface area contributed by atoms with Gasteiger partial charge >= 0.3 is 0 Å². The van der Waals surface area contributed by atoms with Crippen LogP contribution in [0.5, 0.6) is 0 Å². The average Bonchev–Trinajstić information content (AvgIpc) is 2.11. The van der Waals surface area contributed by atoms with Crippen LogP contribution in [0.2, 0.25) is 0 Å². The van der Waals surface area contributed by atoms with Crippen molar-refractivity contribution in [1.82, 2.24) is 0 Å². The van der Waals surface area contributed by atoms with Crippen molar-refractivity contribution in [3.8, 4) is 0 Å². The molecule has 1 atom stereocenters. The summed E-state index contributed by atoms with van der Waals surface area (Å²) >= 11 is 2.99. The number of hydrogen-bond donors (Lipinski definition) is 1. The van der Waals surface area contributed by atoms with Crippen LogP contribution < -0.4 is 5.32 Å². The van der Waals surface area contributed by atoms with Gasteiger partial charge in [0, 0.05) is 0 Å². The number of para-hydroxylation sites is 1. The van der Waals surface area contributed by atoms with Crippen molar-refractivity contribution in [3.63, 3.8) is 0 Å². The van der Waals surface area contributed by atoms with Crippen molar-refractivity contribution in [3.05, 3.63) is 29.8 Å². The zero-order valence-corrected chi connectivity index (χ0v) is 8.94. The molecule has 0 unspecified atom stereocenters. The van der Waals surface area contributed by atoms with Gasteiger partial charge in [-0.25, -0.2) is 8.78 Å². The van der Waals surface area contributed by atoms with Crippen molar-refractivity contribution < 1.29 is 13.6 Å². The molecule has 0 saturated carbocycles. The number of hydrogen-bond acceptors (Lipinski definition) is 1. The summed E-state index contributed by atoms with van der Waals surface area (Å²) in [5.41, 5.74) is -0.413. The number of alkyl halides is 1. The van der Waals surface area contributed by atoms with Crippen LogP contribution in [-0.4, -0.2) is 10.7 Å². The van der Waals surface area contributed by atoms with Crippen LogP contribution in [0.25, 0.3) is 0 Å². The third-order valence-electron chi connectivity index (χ3n) is 1.57. The van der Waals surface area contributed by atoms with Crippen molar-refractivity contribution in [2.75, 3.05) is 5.32 Å². The molecule has 0 aliphatic carbocycles. The van der Waals surface area contributed by atoms with E-state index in [0.717, 1.165) is 12.1 Å². The van der Waals surface area contributed by atoms with Gasteiger partial charge in [0.15, 0.2) is 0 Å². The molecule has 0 aliphatic rings. The van der Waals surface area contributed by atoms with Crippen molar-refractivity contribution >= 4 is 27.5 Å². The third kappa shape index (κ3) is 2.51. The molecule has 0 spiro atoms. The summed E-state index contributed by atoms with van der Waals surface area (Å²) in [6.07, 6.45) is 0. The highest BCUT2D eigenvalue weighted by atomic mass is 79.9. The summed E-state index contributed by atoms with van der Waals surface area (Å²) in [6, 6.07) is 3.40. The first-order valence-electron chi connectivity index (χ1n) is 3.91. The van der Waals surface area contributed by atoms with Crippen LogP contribution in [-0.2, 0) is 4.79 Å². The Bertz CT molecular complexity index is 334. The van der Waals surface area contributed by atoms with Gasteiger partial charge in [0.05, 0.1) is 4.83 Å². The zero-order valence-electron chi connectivity index (χ0n) is 7.35. The van der Waals surface area contributed by atoms with Crippen LogP contribution in [0.15, 0.2) is 18.2 Å². The molecule has 0 aliphatic heterocycles. The van der Waals surface area contributed by atoms with Crippen molar-refractivity contribution in [1.29, 1.82) is 0 Å². The van der Waals surface area contributed by atoms with E-state index in [4.69, 9.17) is 0 Å². The highest BCUT2D eigenvalue weighted by Gasteiger charge is 2.14. The summed E-state index contributed by atoms with van der Waals surface area (Å²) in [4.78, 5) is 10.6. The van der Waals surface area contributed by atoms with E-state index in [1.807, 2.05) is 0 Å². The Morgan fingerprint density at radius 3 is 2.36 bits per heavy atom. The maximum Gasteiger partial charge on any atom is 0.238 e. The van der Waals surface area contributed by atoms with E-state index in [9.17, 15) is 13.6 Å². The lowest BCUT2D eigenvalue weighted by Gasteiger charge is -2.08. The second kappa shape index (κ2) is 4.50. The number of amides is 1. The lowest BCUT2D eigenvalue weighted by molar-refractivity contribution is -0.115. The Balaban J connectivity index is 2.91. The predicted octanol–water partition coefficient (Wildman–Crippen LogP) is 2.69. The van der Waals surface area contributed by atoms with Gasteiger partial charge in [-0.1, -0.05) is 22.0 Å². The van der Waals surface area contributed by atoms with E-state index < -0.39 is 28.1 Å². The topological polar surface area (TPSA) is 29.1 Å². The predicted molar refractivity (Wildman–Crippen MR) is 53.4 cm³/mol. The molecule has 1 N–H and O–H groups in total. The Morgan fingerprint density at radius 1 is 1.43 bits per heavy atom. The number of halogens is 3. The normalized spacial score (nSPS) is 12.3. The quantitative estimate of drug-likeness (QED) is 0.817. The van der Waals surface area contributed by atoms with Crippen LogP contribution in [0.1, 0.15) is 6.92 Å².